The molecule has 0 bridgehead atoms. The molecular formula is C21H17Cl4NO4S. The maximum absolute atomic E-state index is 12.5. The summed E-state index contributed by atoms with van der Waals surface area (Å²) in [5.41, 5.74) is 1.38. The van der Waals surface area contributed by atoms with E-state index >= 15 is 0 Å². The molecule has 0 aromatic heterocycles. The third-order valence-electron chi connectivity index (χ3n) is 4.29. The number of carbonyl (C=O) groups is 2. The van der Waals surface area contributed by atoms with E-state index in [0.29, 0.717) is 45.8 Å². The Balaban J connectivity index is 1.73. The topological polar surface area (TPSA) is 55.8 Å². The number of rotatable bonds is 8. The molecule has 2 amide bonds. The van der Waals surface area contributed by atoms with Gasteiger partial charge < -0.3 is 9.47 Å². The first kappa shape index (κ1) is 24.2. The Morgan fingerprint density at radius 2 is 1.71 bits per heavy atom. The van der Waals surface area contributed by atoms with Crippen LogP contribution in [0.5, 0.6) is 5.75 Å². The number of hydrogen-bond donors (Lipinski definition) is 0. The SMILES string of the molecule is COCCCN1C(=O)S/C(=C/c2cc(Cl)c(OCc3ccc(Cl)c(Cl)c3)c(Cl)c2)C1=O. The molecular weight excluding hydrogens is 504 g/mol. The molecule has 0 unspecified atom stereocenters. The highest BCUT2D eigenvalue weighted by Crippen LogP contribution is 2.38. The molecule has 0 radical (unpaired) electrons. The molecule has 2 aromatic rings. The Morgan fingerprint density at radius 3 is 2.35 bits per heavy atom. The van der Waals surface area contributed by atoms with Crippen LogP contribution in [-0.2, 0) is 16.1 Å². The number of carbonyl (C=O) groups excluding carboxylic acids is 2. The number of amides is 2. The quantitative estimate of drug-likeness (QED) is 0.278. The van der Waals surface area contributed by atoms with E-state index in [0.717, 1.165) is 17.3 Å². The van der Waals surface area contributed by atoms with Gasteiger partial charge >= 0.3 is 0 Å². The highest BCUT2D eigenvalue weighted by atomic mass is 35.5. The van der Waals surface area contributed by atoms with Crippen molar-refractivity contribution in [2.45, 2.75) is 13.0 Å². The van der Waals surface area contributed by atoms with Crippen molar-refractivity contribution in [2.24, 2.45) is 0 Å². The molecule has 0 N–H and O–H groups in total. The molecule has 0 spiro atoms. The number of ether oxygens (including phenoxy) is 2. The van der Waals surface area contributed by atoms with Gasteiger partial charge in [-0.2, -0.15) is 0 Å². The number of thioether (sulfide) groups is 1. The first-order valence-electron chi connectivity index (χ1n) is 9.10. The molecule has 10 heteroatoms. The van der Waals surface area contributed by atoms with E-state index < -0.39 is 0 Å². The van der Waals surface area contributed by atoms with E-state index in [9.17, 15) is 9.59 Å². The molecule has 1 aliphatic rings. The standard InChI is InChI=1S/C21H17Cl4NO4S/c1-29-6-2-5-26-20(27)18(31-21(26)28)10-13-8-16(24)19(17(25)9-13)30-11-12-3-4-14(22)15(23)7-12/h3-4,7-10H,2,5-6,11H2,1H3/b18-10+. The van der Waals surface area contributed by atoms with Crippen molar-refractivity contribution in [3.8, 4) is 5.75 Å². The van der Waals surface area contributed by atoms with Crippen LogP contribution in [0.3, 0.4) is 0 Å². The van der Waals surface area contributed by atoms with Gasteiger partial charge in [-0.3, -0.25) is 14.5 Å². The van der Waals surface area contributed by atoms with Crippen LogP contribution in [-0.4, -0.2) is 36.3 Å². The van der Waals surface area contributed by atoms with Crippen LogP contribution in [0, 0.1) is 0 Å². The molecule has 3 rings (SSSR count). The molecule has 1 aliphatic heterocycles. The average molecular weight is 521 g/mol. The smallest absolute Gasteiger partial charge is 0.293 e. The second-order valence-electron chi connectivity index (χ2n) is 6.53. The lowest BCUT2D eigenvalue weighted by molar-refractivity contribution is -0.122. The molecule has 0 saturated carbocycles. The minimum atomic E-state index is -0.349. The van der Waals surface area contributed by atoms with E-state index in [1.807, 2.05) is 0 Å². The lowest BCUT2D eigenvalue weighted by Gasteiger charge is -2.12. The van der Waals surface area contributed by atoms with Crippen LogP contribution >= 0.6 is 58.2 Å². The molecule has 164 valence electrons. The van der Waals surface area contributed by atoms with Gasteiger partial charge in [0.15, 0.2) is 5.75 Å². The Labute approximate surface area is 204 Å². The molecule has 1 saturated heterocycles. The lowest BCUT2D eigenvalue weighted by atomic mass is 10.2. The molecule has 0 aliphatic carbocycles. The van der Waals surface area contributed by atoms with Crippen LogP contribution in [0.15, 0.2) is 35.2 Å². The zero-order valence-electron chi connectivity index (χ0n) is 16.3. The van der Waals surface area contributed by atoms with Crippen LogP contribution in [0.4, 0.5) is 4.79 Å². The normalized spacial score (nSPS) is 15.3. The minimum absolute atomic E-state index is 0.191. The highest BCUT2D eigenvalue weighted by molar-refractivity contribution is 8.18. The van der Waals surface area contributed by atoms with E-state index in [1.165, 1.54) is 4.90 Å². The van der Waals surface area contributed by atoms with Crippen molar-refractivity contribution < 1.29 is 19.1 Å². The highest BCUT2D eigenvalue weighted by Gasteiger charge is 2.34. The molecule has 31 heavy (non-hydrogen) atoms. The summed E-state index contributed by atoms with van der Waals surface area (Å²) >= 11 is 25.5. The number of imide groups is 1. The van der Waals surface area contributed by atoms with Crippen LogP contribution in [0.2, 0.25) is 20.1 Å². The van der Waals surface area contributed by atoms with Gasteiger partial charge in [0.1, 0.15) is 6.61 Å². The van der Waals surface area contributed by atoms with Crippen LogP contribution < -0.4 is 4.74 Å². The summed E-state index contributed by atoms with van der Waals surface area (Å²) in [6.45, 7) is 0.963. The van der Waals surface area contributed by atoms with Gasteiger partial charge in [0.05, 0.1) is 25.0 Å². The Morgan fingerprint density at radius 1 is 1.00 bits per heavy atom. The van der Waals surface area contributed by atoms with Crippen molar-refractivity contribution in [3.05, 3.63) is 66.5 Å². The summed E-state index contributed by atoms with van der Waals surface area (Å²) in [5, 5.41) is 1.11. The van der Waals surface area contributed by atoms with Crippen molar-refractivity contribution in [2.75, 3.05) is 20.3 Å². The molecule has 0 atom stereocenters. The fourth-order valence-electron chi connectivity index (χ4n) is 2.80. The van der Waals surface area contributed by atoms with Crippen molar-refractivity contribution in [1.82, 2.24) is 4.90 Å². The van der Waals surface area contributed by atoms with E-state index in [-0.39, 0.29) is 27.8 Å². The second-order valence-corrected chi connectivity index (χ2v) is 9.15. The third kappa shape index (κ3) is 6.09. The summed E-state index contributed by atoms with van der Waals surface area (Å²) in [5.74, 6) is -0.0440. The van der Waals surface area contributed by atoms with Gasteiger partial charge in [0.2, 0.25) is 0 Å². The zero-order valence-corrected chi connectivity index (χ0v) is 20.1. The number of hydrogen-bond acceptors (Lipinski definition) is 5. The summed E-state index contributed by atoms with van der Waals surface area (Å²) in [6.07, 6.45) is 2.16. The lowest BCUT2D eigenvalue weighted by Crippen LogP contribution is -2.29. The van der Waals surface area contributed by atoms with Gasteiger partial charge in [-0.15, -0.1) is 0 Å². The Hall–Kier alpha value is -1.41. The molecule has 5 nitrogen and oxygen atoms in total. The van der Waals surface area contributed by atoms with E-state index in [2.05, 4.69) is 0 Å². The second kappa shape index (κ2) is 10.9. The molecule has 1 fully saturated rings. The summed E-state index contributed by atoms with van der Waals surface area (Å²) < 4.78 is 10.7. The van der Waals surface area contributed by atoms with Crippen molar-refractivity contribution in [3.63, 3.8) is 0 Å². The predicted octanol–water partition coefficient (Wildman–Crippen LogP) is 6.95. The largest absolute Gasteiger partial charge is 0.486 e. The van der Waals surface area contributed by atoms with E-state index in [1.54, 1.807) is 43.5 Å². The maximum atomic E-state index is 12.5. The van der Waals surface area contributed by atoms with Gasteiger partial charge in [-0.25, -0.2) is 0 Å². The predicted molar refractivity (Wildman–Crippen MR) is 126 cm³/mol. The Kier molecular flexibility index (Phi) is 8.56. The fraction of sp³-hybridized carbons (Fsp3) is 0.238. The first-order chi connectivity index (χ1) is 14.8. The minimum Gasteiger partial charge on any atom is -0.486 e. The van der Waals surface area contributed by atoms with Crippen LogP contribution in [0.1, 0.15) is 17.5 Å². The van der Waals surface area contributed by atoms with Gasteiger partial charge in [0.25, 0.3) is 11.1 Å². The zero-order chi connectivity index (χ0) is 22.5. The van der Waals surface area contributed by atoms with Gasteiger partial charge in [-0.1, -0.05) is 52.5 Å². The molecule has 1 heterocycles. The summed E-state index contributed by atoms with van der Waals surface area (Å²) in [6, 6.07) is 8.40. The Bertz CT molecular complexity index is 1020. The number of halogens is 4. The molecule has 2 aromatic carbocycles. The average Bonchev–Trinajstić information content (AvgIpc) is 2.97. The van der Waals surface area contributed by atoms with Crippen molar-refractivity contribution >= 4 is 75.4 Å². The van der Waals surface area contributed by atoms with E-state index in [4.69, 9.17) is 55.9 Å². The summed E-state index contributed by atoms with van der Waals surface area (Å²) in [4.78, 5) is 26.2. The fourth-order valence-corrected chi connectivity index (χ4v) is 4.60. The van der Waals surface area contributed by atoms with Gasteiger partial charge in [-0.05, 0) is 59.7 Å². The monoisotopic (exact) mass is 519 g/mol. The third-order valence-corrected chi connectivity index (χ3v) is 6.50. The number of nitrogens with zero attached hydrogens (tertiary/aromatic N) is 1. The van der Waals surface area contributed by atoms with Crippen molar-refractivity contribution in [1.29, 1.82) is 0 Å². The number of methoxy groups -OCH3 is 1. The summed E-state index contributed by atoms with van der Waals surface area (Å²) in [7, 11) is 1.57. The van der Waals surface area contributed by atoms with Gasteiger partial charge in [0, 0.05) is 20.3 Å². The van der Waals surface area contributed by atoms with Crippen LogP contribution in [0.25, 0.3) is 6.08 Å². The maximum Gasteiger partial charge on any atom is 0.293 e. The first-order valence-corrected chi connectivity index (χ1v) is 11.4. The number of benzene rings is 2.